The van der Waals surface area contributed by atoms with Gasteiger partial charge in [-0.1, -0.05) is 15.9 Å². The quantitative estimate of drug-likeness (QED) is 0.499. The van der Waals surface area contributed by atoms with E-state index in [4.69, 9.17) is 4.74 Å². The Morgan fingerprint density at radius 1 is 1.30 bits per heavy atom. The van der Waals surface area contributed by atoms with Crippen LogP contribution in [-0.2, 0) is 4.74 Å². The van der Waals surface area contributed by atoms with Crippen molar-refractivity contribution in [1.82, 2.24) is 0 Å². The average molecular weight is 209 g/mol. The van der Waals surface area contributed by atoms with Crippen molar-refractivity contribution in [2.24, 2.45) is 0 Å². The molecule has 0 aliphatic heterocycles. The number of rotatable bonds is 5. The maximum Gasteiger partial charge on any atom is 0.0622 e. The van der Waals surface area contributed by atoms with Gasteiger partial charge in [0.15, 0.2) is 0 Å². The number of hydrogen-bond acceptors (Lipinski definition) is 1. The zero-order valence-corrected chi connectivity index (χ0v) is 8.70. The van der Waals surface area contributed by atoms with Crippen LogP contribution < -0.4 is 0 Å². The summed E-state index contributed by atoms with van der Waals surface area (Å²) in [4.78, 5) is 0. The van der Waals surface area contributed by atoms with Crippen molar-refractivity contribution in [2.45, 2.75) is 38.7 Å². The maximum atomic E-state index is 5.27. The van der Waals surface area contributed by atoms with Crippen LogP contribution in [0, 0.1) is 0 Å². The van der Waals surface area contributed by atoms with Crippen LogP contribution in [-0.4, -0.2) is 18.0 Å². The molecule has 0 fully saturated rings. The fourth-order valence-corrected chi connectivity index (χ4v) is 1.14. The van der Waals surface area contributed by atoms with Crippen molar-refractivity contribution in [3.8, 4) is 0 Å². The van der Waals surface area contributed by atoms with Crippen LogP contribution in [0.2, 0.25) is 0 Å². The van der Waals surface area contributed by atoms with Crippen molar-refractivity contribution < 1.29 is 4.74 Å². The largest absolute Gasteiger partial charge is 0.379 e. The van der Waals surface area contributed by atoms with Gasteiger partial charge in [0, 0.05) is 12.4 Å². The molecule has 0 saturated heterocycles. The Hall–Kier alpha value is 0.440. The first-order valence-electron chi connectivity index (χ1n) is 3.73. The molecule has 0 amide bonds. The highest BCUT2D eigenvalue weighted by molar-refractivity contribution is 9.09. The molecule has 0 N–H and O–H groups in total. The lowest BCUT2D eigenvalue weighted by atomic mass is 10.0. The highest BCUT2D eigenvalue weighted by atomic mass is 79.9. The summed E-state index contributed by atoms with van der Waals surface area (Å²) in [5.74, 6) is 0. The fraction of sp³-hybridized carbons (Fsp3) is 1.00. The average Bonchev–Trinajstić information content (AvgIpc) is 1.89. The molecule has 0 spiro atoms. The number of hydrogen-bond donors (Lipinski definition) is 0. The monoisotopic (exact) mass is 208 g/mol. The predicted octanol–water partition coefficient (Wildman–Crippen LogP) is 2.98. The Balaban J connectivity index is 3.28. The van der Waals surface area contributed by atoms with E-state index < -0.39 is 0 Å². The van der Waals surface area contributed by atoms with Crippen molar-refractivity contribution >= 4 is 15.9 Å². The van der Waals surface area contributed by atoms with Crippen molar-refractivity contribution in [3.63, 3.8) is 0 Å². The second-order valence-electron chi connectivity index (χ2n) is 3.11. The van der Waals surface area contributed by atoms with Crippen LogP contribution in [0.4, 0.5) is 0 Å². The van der Waals surface area contributed by atoms with Gasteiger partial charge >= 0.3 is 0 Å². The van der Waals surface area contributed by atoms with Gasteiger partial charge in [0.1, 0.15) is 0 Å². The van der Waals surface area contributed by atoms with Crippen molar-refractivity contribution in [2.75, 3.05) is 12.4 Å². The second kappa shape index (κ2) is 5.14. The minimum atomic E-state index is 0.0716. The molecule has 1 nitrogen and oxygen atoms in total. The lowest BCUT2D eigenvalue weighted by Crippen LogP contribution is -2.21. The number of alkyl halides is 1. The van der Waals surface area contributed by atoms with E-state index in [9.17, 15) is 0 Å². The van der Waals surface area contributed by atoms with Crippen LogP contribution in [0.3, 0.4) is 0 Å². The molecule has 0 unspecified atom stereocenters. The molecule has 0 heterocycles. The van der Waals surface area contributed by atoms with Crippen molar-refractivity contribution in [1.29, 1.82) is 0 Å². The summed E-state index contributed by atoms with van der Waals surface area (Å²) in [6, 6.07) is 0. The molecule has 0 aromatic heterocycles. The van der Waals surface area contributed by atoms with E-state index in [-0.39, 0.29) is 5.60 Å². The lowest BCUT2D eigenvalue weighted by Gasteiger charge is -2.22. The third-order valence-corrected chi connectivity index (χ3v) is 2.28. The van der Waals surface area contributed by atoms with E-state index in [1.165, 1.54) is 12.8 Å². The topological polar surface area (TPSA) is 9.23 Å². The van der Waals surface area contributed by atoms with Crippen LogP contribution in [0.1, 0.15) is 33.1 Å². The van der Waals surface area contributed by atoms with Gasteiger partial charge in [-0.2, -0.15) is 0 Å². The summed E-state index contributed by atoms with van der Waals surface area (Å²) in [5.41, 5.74) is 0.0716. The molecule has 0 aliphatic carbocycles. The summed E-state index contributed by atoms with van der Waals surface area (Å²) >= 11 is 3.40. The van der Waals surface area contributed by atoms with Crippen LogP contribution >= 0.6 is 15.9 Å². The van der Waals surface area contributed by atoms with Gasteiger partial charge in [-0.25, -0.2) is 0 Å². The molecule has 62 valence electrons. The molecule has 2 heteroatoms. The molecule has 0 bridgehead atoms. The second-order valence-corrected chi connectivity index (χ2v) is 3.90. The third kappa shape index (κ3) is 5.24. The number of unbranched alkanes of at least 4 members (excludes halogenated alkanes) is 1. The van der Waals surface area contributed by atoms with Gasteiger partial charge in [0.05, 0.1) is 5.60 Å². The molecule has 0 rings (SSSR count). The van der Waals surface area contributed by atoms with Gasteiger partial charge in [0.2, 0.25) is 0 Å². The molecular weight excluding hydrogens is 192 g/mol. The molecule has 0 aliphatic rings. The first-order chi connectivity index (χ1) is 4.62. The maximum absolute atomic E-state index is 5.27. The van der Waals surface area contributed by atoms with Gasteiger partial charge in [-0.3, -0.25) is 0 Å². The van der Waals surface area contributed by atoms with Gasteiger partial charge < -0.3 is 4.74 Å². The summed E-state index contributed by atoms with van der Waals surface area (Å²) in [5, 5.41) is 1.10. The fourth-order valence-electron chi connectivity index (χ4n) is 0.747. The van der Waals surface area contributed by atoms with E-state index >= 15 is 0 Å². The van der Waals surface area contributed by atoms with Crippen molar-refractivity contribution in [3.05, 3.63) is 0 Å². The summed E-state index contributed by atoms with van der Waals surface area (Å²) in [7, 11) is 1.77. The van der Waals surface area contributed by atoms with Gasteiger partial charge in [-0.05, 0) is 33.1 Å². The third-order valence-electron chi connectivity index (χ3n) is 1.72. The Morgan fingerprint density at radius 3 is 2.30 bits per heavy atom. The van der Waals surface area contributed by atoms with Crippen LogP contribution in [0.25, 0.3) is 0 Å². The number of methoxy groups -OCH3 is 1. The minimum absolute atomic E-state index is 0.0716. The first-order valence-corrected chi connectivity index (χ1v) is 4.85. The molecule has 0 radical (unpaired) electrons. The van der Waals surface area contributed by atoms with E-state index in [0.717, 1.165) is 11.8 Å². The molecule has 0 saturated carbocycles. The van der Waals surface area contributed by atoms with E-state index in [1.54, 1.807) is 7.11 Å². The SMILES string of the molecule is COC(C)(C)CCCCBr. The van der Waals surface area contributed by atoms with E-state index in [2.05, 4.69) is 29.8 Å². The lowest BCUT2D eigenvalue weighted by molar-refractivity contribution is 0.0138. The zero-order valence-electron chi connectivity index (χ0n) is 7.11. The normalized spacial score (nSPS) is 12.0. The standard InChI is InChI=1S/C8H17BrO/c1-8(2,10-3)6-4-5-7-9/h4-7H2,1-3H3. The van der Waals surface area contributed by atoms with E-state index in [1.807, 2.05) is 0 Å². The Morgan fingerprint density at radius 2 is 1.90 bits per heavy atom. The Labute approximate surface area is 72.3 Å². The summed E-state index contributed by atoms with van der Waals surface area (Å²) < 4.78 is 5.27. The number of halogens is 1. The molecule has 10 heavy (non-hydrogen) atoms. The number of ether oxygens (including phenoxy) is 1. The zero-order chi connectivity index (χ0) is 8.04. The first kappa shape index (κ1) is 10.4. The van der Waals surface area contributed by atoms with Gasteiger partial charge in [-0.15, -0.1) is 0 Å². The van der Waals surface area contributed by atoms with Crippen LogP contribution in [0.15, 0.2) is 0 Å². The highest BCUT2D eigenvalue weighted by Crippen LogP contribution is 2.16. The summed E-state index contributed by atoms with van der Waals surface area (Å²) in [6.07, 6.45) is 3.63. The smallest absolute Gasteiger partial charge is 0.0622 e. The molecular formula is C8H17BrO. The highest BCUT2D eigenvalue weighted by Gasteiger charge is 2.14. The van der Waals surface area contributed by atoms with Gasteiger partial charge in [0.25, 0.3) is 0 Å². The predicted molar refractivity (Wildman–Crippen MR) is 48.7 cm³/mol. The molecule has 0 atom stereocenters. The molecule has 0 aromatic rings. The minimum Gasteiger partial charge on any atom is -0.379 e. The Kier molecular flexibility index (Phi) is 5.36. The Bertz CT molecular complexity index is 81.3. The molecule has 0 aromatic carbocycles. The van der Waals surface area contributed by atoms with E-state index in [0.29, 0.717) is 0 Å². The van der Waals surface area contributed by atoms with Crippen LogP contribution in [0.5, 0.6) is 0 Å². The summed E-state index contributed by atoms with van der Waals surface area (Å²) in [6.45, 7) is 4.25.